The van der Waals surface area contributed by atoms with Crippen LogP contribution < -0.4 is 19.7 Å². The number of nitrogens with one attached hydrogen (secondary N) is 1. The van der Waals surface area contributed by atoms with Gasteiger partial charge in [0.25, 0.3) is 0 Å². The minimum absolute atomic E-state index is 0.133. The van der Waals surface area contributed by atoms with E-state index in [0.29, 0.717) is 42.2 Å². The Labute approximate surface area is 144 Å². The van der Waals surface area contributed by atoms with Crippen molar-refractivity contribution in [3.05, 3.63) is 42.5 Å². The SMILES string of the molecule is C[C@@H]1CN(C(=O)Nc2ccc3c(c2)OCCO3)c2ccccc2S1. The van der Waals surface area contributed by atoms with Gasteiger partial charge >= 0.3 is 6.03 Å². The fourth-order valence-corrected chi connectivity index (χ4v) is 4.01. The number of rotatable bonds is 1. The lowest BCUT2D eigenvalue weighted by molar-refractivity contribution is 0.171. The van der Waals surface area contributed by atoms with Gasteiger partial charge in [0.15, 0.2) is 11.5 Å². The Balaban J connectivity index is 1.56. The molecule has 5 nitrogen and oxygen atoms in total. The molecule has 1 N–H and O–H groups in total. The second kappa shape index (κ2) is 6.28. The Kier molecular flexibility index (Phi) is 3.98. The van der Waals surface area contributed by atoms with Crippen LogP contribution in [0.2, 0.25) is 0 Å². The third-order valence-electron chi connectivity index (χ3n) is 3.96. The Morgan fingerprint density at radius 3 is 2.83 bits per heavy atom. The average molecular weight is 342 g/mol. The van der Waals surface area contributed by atoms with Crippen molar-refractivity contribution < 1.29 is 14.3 Å². The highest BCUT2D eigenvalue weighted by Gasteiger charge is 2.27. The Morgan fingerprint density at radius 2 is 1.96 bits per heavy atom. The van der Waals surface area contributed by atoms with Crippen LogP contribution in [0, 0.1) is 0 Å². The van der Waals surface area contributed by atoms with Crippen molar-refractivity contribution in [2.75, 3.05) is 30.0 Å². The van der Waals surface area contributed by atoms with E-state index < -0.39 is 0 Å². The first-order valence-corrected chi connectivity index (χ1v) is 8.82. The van der Waals surface area contributed by atoms with Crippen molar-refractivity contribution in [2.45, 2.75) is 17.1 Å². The van der Waals surface area contributed by atoms with E-state index in [1.165, 1.54) is 0 Å². The molecule has 124 valence electrons. The molecular weight excluding hydrogens is 324 g/mol. The number of hydrogen-bond acceptors (Lipinski definition) is 4. The number of amides is 2. The molecule has 0 aromatic heterocycles. The summed E-state index contributed by atoms with van der Waals surface area (Å²) in [7, 11) is 0. The van der Waals surface area contributed by atoms with Gasteiger partial charge in [-0.05, 0) is 24.3 Å². The highest BCUT2D eigenvalue weighted by molar-refractivity contribution is 8.00. The first kappa shape index (κ1) is 15.2. The number of anilines is 2. The van der Waals surface area contributed by atoms with E-state index >= 15 is 0 Å². The van der Waals surface area contributed by atoms with E-state index in [2.05, 4.69) is 18.3 Å². The van der Waals surface area contributed by atoms with E-state index in [0.717, 1.165) is 10.6 Å². The molecule has 0 saturated carbocycles. The zero-order valence-corrected chi connectivity index (χ0v) is 14.1. The van der Waals surface area contributed by atoms with Crippen LogP contribution in [0.1, 0.15) is 6.92 Å². The summed E-state index contributed by atoms with van der Waals surface area (Å²) in [5.41, 5.74) is 1.66. The summed E-state index contributed by atoms with van der Waals surface area (Å²) < 4.78 is 11.1. The first-order valence-electron chi connectivity index (χ1n) is 7.94. The minimum Gasteiger partial charge on any atom is -0.486 e. The summed E-state index contributed by atoms with van der Waals surface area (Å²) in [4.78, 5) is 15.7. The quantitative estimate of drug-likeness (QED) is 0.851. The van der Waals surface area contributed by atoms with Gasteiger partial charge < -0.3 is 14.8 Å². The van der Waals surface area contributed by atoms with Gasteiger partial charge in [0, 0.05) is 28.4 Å². The molecule has 4 rings (SSSR count). The maximum absolute atomic E-state index is 12.8. The number of nitrogens with zero attached hydrogens (tertiary/aromatic N) is 1. The molecule has 0 spiro atoms. The lowest BCUT2D eigenvalue weighted by Crippen LogP contribution is -2.41. The number of ether oxygens (including phenoxy) is 2. The number of thioether (sulfide) groups is 1. The molecule has 2 aliphatic rings. The van der Waals surface area contributed by atoms with Gasteiger partial charge in [-0.25, -0.2) is 4.79 Å². The van der Waals surface area contributed by atoms with Crippen molar-refractivity contribution in [1.82, 2.24) is 0 Å². The number of urea groups is 1. The smallest absolute Gasteiger partial charge is 0.326 e. The number of fused-ring (bicyclic) bond motifs is 2. The van der Waals surface area contributed by atoms with E-state index in [1.54, 1.807) is 22.7 Å². The van der Waals surface area contributed by atoms with Crippen molar-refractivity contribution in [1.29, 1.82) is 0 Å². The maximum atomic E-state index is 12.8. The van der Waals surface area contributed by atoms with Crippen LogP contribution in [0.25, 0.3) is 0 Å². The van der Waals surface area contributed by atoms with E-state index in [4.69, 9.17) is 9.47 Å². The van der Waals surface area contributed by atoms with Crippen molar-refractivity contribution >= 4 is 29.2 Å². The van der Waals surface area contributed by atoms with Gasteiger partial charge in [-0.2, -0.15) is 0 Å². The fourth-order valence-electron chi connectivity index (χ4n) is 2.89. The van der Waals surface area contributed by atoms with Gasteiger partial charge in [-0.15, -0.1) is 11.8 Å². The van der Waals surface area contributed by atoms with Gasteiger partial charge in [-0.3, -0.25) is 4.90 Å². The molecule has 0 bridgehead atoms. The molecule has 0 fully saturated rings. The minimum atomic E-state index is -0.133. The Hall–Kier alpha value is -2.34. The summed E-state index contributed by atoms with van der Waals surface area (Å²) in [6.07, 6.45) is 0. The Morgan fingerprint density at radius 1 is 1.17 bits per heavy atom. The zero-order valence-electron chi connectivity index (χ0n) is 13.3. The van der Waals surface area contributed by atoms with Gasteiger partial charge in [0.1, 0.15) is 13.2 Å². The van der Waals surface area contributed by atoms with Crippen molar-refractivity contribution in [3.8, 4) is 11.5 Å². The highest BCUT2D eigenvalue weighted by Crippen LogP contribution is 2.38. The Bertz CT molecular complexity index is 781. The monoisotopic (exact) mass is 342 g/mol. The topological polar surface area (TPSA) is 50.8 Å². The molecule has 2 aromatic rings. The molecule has 0 radical (unpaired) electrons. The van der Waals surface area contributed by atoms with Gasteiger partial charge in [0.2, 0.25) is 0 Å². The number of carbonyl (C=O) groups is 1. The number of benzene rings is 2. The summed E-state index contributed by atoms with van der Waals surface area (Å²) in [5.74, 6) is 1.38. The number of hydrogen-bond donors (Lipinski definition) is 1. The van der Waals surface area contributed by atoms with Crippen LogP contribution >= 0.6 is 11.8 Å². The van der Waals surface area contributed by atoms with E-state index in [-0.39, 0.29) is 6.03 Å². The predicted octanol–water partition coefficient (Wildman–Crippen LogP) is 3.99. The van der Waals surface area contributed by atoms with Crippen molar-refractivity contribution in [2.24, 2.45) is 0 Å². The number of carbonyl (C=O) groups excluding carboxylic acids is 1. The van der Waals surface area contributed by atoms with E-state index in [1.807, 2.05) is 30.3 Å². The van der Waals surface area contributed by atoms with Gasteiger partial charge in [0.05, 0.1) is 5.69 Å². The van der Waals surface area contributed by atoms with Crippen LogP contribution in [0.5, 0.6) is 11.5 Å². The molecule has 0 saturated heterocycles. The molecule has 2 amide bonds. The lowest BCUT2D eigenvalue weighted by atomic mass is 10.2. The first-order chi connectivity index (χ1) is 11.7. The predicted molar refractivity (Wildman–Crippen MR) is 95.6 cm³/mol. The molecule has 2 heterocycles. The molecule has 0 unspecified atom stereocenters. The second-order valence-electron chi connectivity index (χ2n) is 5.80. The molecule has 24 heavy (non-hydrogen) atoms. The summed E-state index contributed by atoms with van der Waals surface area (Å²) in [5, 5.41) is 3.32. The lowest BCUT2D eigenvalue weighted by Gasteiger charge is -2.32. The molecule has 0 aliphatic carbocycles. The zero-order chi connectivity index (χ0) is 16.5. The molecular formula is C18H18N2O3S. The summed E-state index contributed by atoms with van der Waals surface area (Å²) in [6.45, 7) is 3.89. The summed E-state index contributed by atoms with van der Waals surface area (Å²) >= 11 is 1.80. The largest absolute Gasteiger partial charge is 0.486 e. The fraction of sp³-hybridized carbons (Fsp3) is 0.278. The van der Waals surface area contributed by atoms with Crippen LogP contribution in [0.4, 0.5) is 16.2 Å². The molecule has 2 aromatic carbocycles. The average Bonchev–Trinajstić information content (AvgIpc) is 2.60. The normalized spacial score (nSPS) is 18.7. The standard InChI is InChI=1S/C18H18N2O3S/c1-12-11-20(14-4-2-3-5-17(14)24-12)18(21)19-13-6-7-15-16(10-13)23-9-8-22-15/h2-7,10,12H,8-9,11H2,1H3,(H,19,21)/t12-/m1/s1. The van der Waals surface area contributed by atoms with Crippen LogP contribution in [0.15, 0.2) is 47.4 Å². The van der Waals surface area contributed by atoms with Crippen LogP contribution in [-0.2, 0) is 0 Å². The maximum Gasteiger partial charge on any atom is 0.326 e. The van der Waals surface area contributed by atoms with Crippen molar-refractivity contribution in [3.63, 3.8) is 0 Å². The third-order valence-corrected chi connectivity index (χ3v) is 5.11. The molecule has 2 aliphatic heterocycles. The van der Waals surface area contributed by atoms with Crippen LogP contribution in [0.3, 0.4) is 0 Å². The molecule has 6 heteroatoms. The molecule has 1 atom stereocenters. The summed E-state index contributed by atoms with van der Waals surface area (Å²) in [6, 6.07) is 13.3. The highest BCUT2D eigenvalue weighted by atomic mass is 32.2. The third kappa shape index (κ3) is 2.89. The van der Waals surface area contributed by atoms with Gasteiger partial charge in [-0.1, -0.05) is 19.1 Å². The second-order valence-corrected chi connectivity index (χ2v) is 7.28. The van der Waals surface area contributed by atoms with E-state index in [9.17, 15) is 4.79 Å². The van der Waals surface area contributed by atoms with Crippen LogP contribution in [-0.4, -0.2) is 31.0 Å². The number of para-hydroxylation sites is 1.